The maximum Gasteiger partial charge on any atom is 0.228 e. The molecule has 0 aromatic carbocycles. The largest absolute Gasteiger partial charge is 0.393 e. The molecule has 1 saturated carbocycles. The molecular weight excluding hydrogens is 304 g/mol. The van der Waals surface area contributed by atoms with E-state index in [2.05, 4.69) is 0 Å². The summed E-state index contributed by atoms with van der Waals surface area (Å²) in [6.07, 6.45) is 9.10. The molecule has 0 aromatic rings. The van der Waals surface area contributed by atoms with E-state index in [0.29, 0.717) is 25.6 Å². The molecule has 0 spiro atoms. The first-order chi connectivity index (χ1) is 11.6. The molecule has 3 rings (SSSR count). The van der Waals surface area contributed by atoms with Gasteiger partial charge in [0.15, 0.2) is 0 Å². The molecule has 2 amide bonds. The van der Waals surface area contributed by atoms with Crippen LogP contribution in [0.15, 0.2) is 0 Å². The van der Waals surface area contributed by atoms with Gasteiger partial charge in [-0.05, 0) is 32.6 Å². The van der Waals surface area contributed by atoms with Crippen molar-refractivity contribution in [3.05, 3.63) is 0 Å². The van der Waals surface area contributed by atoms with Gasteiger partial charge in [0.05, 0.1) is 12.0 Å². The second kappa shape index (κ2) is 7.85. The van der Waals surface area contributed by atoms with Gasteiger partial charge in [0.25, 0.3) is 0 Å². The van der Waals surface area contributed by atoms with E-state index in [1.807, 2.05) is 16.7 Å². The summed E-state index contributed by atoms with van der Waals surface area (Å²) in [6.45, 7) is 3.84. The fraction of sp³-hybridized carbons (Fsp3) is 0.895. The van der Waals surface area contributed by atoms with Gasteiger partial charge in [-0.15, -0.1) is 0 Å². The van der Waals surface area contributed by atoms with E-state index >= 15 is 0 Å². The summed E-state index contributed by atoms with van der Waals surface area (Å²) in [5.74, 6) is 0.306. The summed E-state index contributed by atoms with van der Waals surface area (Å²) in [4.78, 5) is 29.2. The van der Waals surface area contributed by atoms with E-state index in [1.165, 1.54) is 25.7 Å². The van der Waals surface area contributed by atoms with Crippen LogP contribution in [-0.4, -0.2) is 58.5 Å². The maximum absolute atomic E-state index is 12.9. The van der Waals surface area contributed by atoms with Crippen LogP contribution in [0.1, 0.15) is 64.7 Å². The molecule has 2 saturated heterocycles. The first-order valence-corrected chi connectivity index (χ1v) is 9.82. The van der Waals surface area contributed by atoms with Crippen LogP contribution in [0.2, 0.25) is 0 Å². The molecule has 1 N–H and O–H groups in total. The molecule has 3 atom stereocenters. The van der Waals surface area contributed by atoms with Crippen LogP contribution in [-0.2, 0) is 9.59 Å². The Balaban J connectivity index is 1.59. The van der Waals surface area contributed by atoms with E-state index in [-0.39, 0.29) is 29.8 Å². The number of carbonyl (C=O) groups is 2. The summed E-state index contributed by atoms with van der Waals surface area (Å²) in [5, 5.41) is 9.82. The zero-order chi connectivity index (χ0) is 17.1. The van der Waals surface area contributed by atoms with Gasteiger partial charge < -0.3 is 14.9 Å². The Hall–Kier alpha value is -1.10. The van der Waals surface area contributed by atoms with E-state index in [9.17, 15) is 14.7 Å². The van der Waals surface area contributed by atoms with Crippen molar-refractivity contribution in [2.45, 2.75) is 76.9 Å². The minimum Gasteiger partial charge on any atom is -0.393 e. The van der Waals surface area contributed by atoms with E-state index in [0.717, 1.165) is 32.2 Å². The Morgan fingerprint density at radius 1 is 1.08 bits per heavy atom. The number of hydrogen-bond donors (Lipinski definition) is 1. The lowest BCUT2D eigenvalue weighted by molar-refractivity contribution is -0.138. The summed E-state index contributed by atoms with van der Waals surface area (Å²) in [7, 11) is 0. The van der Waals surface area contributed by atoms with Gasteiger partial charge in [-0.25, -0.2) is 0 Å². The molecule has 2 aliphatic heterocycles. The molecular formula is C19H32N2O3. The first-order valence-electron chi connectivity index (χ1n) is 9.82. The van der Waals surface area contributed by atoms with Gasteiger partial charge in [-0.1, -0.05) is 25.7 Å². The Labute approximate surface area is 145 Å². The fourth-order valence-electron chi connectivity index (χ4n) is 4.68. The average molecular weight is 336 g/mol. The highest BCUT2D eigenvalue weighted by Gasteiger charge is 2.40. The molecule has 2 heterocycles. The number of likely N-dealkylation sites (tertiary alicyclic amines) is 2. The molecule has 3 fully saturated rings. The number of nitrogens with zero attached hydrogens (tertiary/aromatic N) is 2. The third-order valence-electron chi connectivity index (χ3n) is 6.22. The summed E-state index contributed by atoms with van der Waals surface area (Å²) < 4.78 is 0. The third-order valence-corrected chi connectivity index (χ3v) is 6.22. The average Bonchev–Trinajstić information content (AvgIpc) is 2.80. The fourth-order valence-corrected chi connectivity index (χ4v) is 4.68. The van der Waals surface area contributed by atoms with Gasteiger partial charge in [-0.3, -0.25) is 9.59 Å². The predicted octanol–water partition coefficient (Wildman–Crippen LogP) is 2.18. The molecule has 136 valence electrons. The van der Waals surface area contributed by atoms with Gasteiger partial charge >= 0.3 is 0 Å². The van der Waals surface area contributed by atoms with E-state index < -0.39 is 0 Å². The number of aliphatic hydroxyl groups excluding tert-OH is 1. The summed E-state index contributed by atoms with van der Waals surface area (Å²) >= 11 is 0. The molecule has 0 aromatic heterocycles. The number of aliphatic hydroxyl groups is 1. The highest BCUT2D eigenvalue weighted by atomic mass is 16.3. The van der Waals surface area contributed by atoms with Gasteiger partial charge in [0.1, 0.15) is 0 Å². The molecule has 0 radical (unpaired) electrons. The van der Waals surface area contributed by atoms with Crippen molar-refractivity contribution in [1.82, 2.24) is 9.80 Å². The lowest BCUT2D eigenvalue weighted by atomic mass is 9.92. The van der Waals surface area contributed by atoms with Crippen LogP contribution in [0, 0.1) is 11.8 Å². The number of rotatable bonds is 3. The predicted molar refractivity (Wildman–Crippen MR) is 92.3 cm³/mol. The van der Waals surface area contributed by atoms with Crippen molar-refractivity contribution in [1.29, 1.82) is 0 Å². The minimum atomic E-state index is -0.367. The molecule has 24 heavy (non-hydrogen) atoms. The number of carbonyl (C=O) groups excluding carboxylic acids is 2. The SMILES string of the molecule is CC(O)C1CCCN(C(=O)C2CC(=O)N(C3CCCCCC3)C2)C1. The van der Waals surface area contributed by atoms with Crippen molar-refractivity contribution in [2.24, 2.45) is 11.8 Å². The van der Waals surface area contributed by atoms with Gasteiger partial charge in [0.2, 0.25) is 11.8 Å². The maximum atomic E-state index is 12.9. The van der Waals surface area contributed by atoms with Crippen LogP contribution >= 0.6 is 0 Å². The van der Waals surface area contributed by atoms with Crippen LogP contribution in [0.25, 0.3) is 0 Å². The minimum absolute atomic E-state index is 0.129. The van der Waals surface area contributed by atoms with E-state index in [1.54, 1.807) is 0 Å². The van der Waals surface area contributed by atoms with Crippen molar-refractivity contribution in [3.8, 4) is 0 Å². The van der Waals surface area contributed by atoms with Gasteiger partial charge in [0, 0.05) is 38.0 Å². The van der Waals surface area contributed by atoms with E-state index in [4.69, 9.17) is 0 Å². The highest BCUT2D eigenvalue weighted by molar-refractivity contribution is 5.89. The molecule has 0 bridgehead atoms. The molecule has 5 nitrogen and oxygen atoms in total. The Kier molecular flexibility index (Phi) is 5.80. The van der Waals surface area contributed by atoms with Crippen LogP contribution in [0.4, 0.5) is 0 Å². The molecule has 3 unspecified atom stereocenters. The quantitative estimate of drug-likeness (QED) is 0.804. The molecule has 1 aliphatic carbocycles. The van der Waals surface area contributed by atoms with Crippen molar-refractivity contribution in [2.75, 3.05) is 19.6 Å². The zero-order valence-corrected chi connectivity index (χ0v) is 15.0. The number of piperidine rings is 1. The zero-order valence-electron chi connectivity index (χ0n) is 15.0. The Morgan fingerprint density at radius 3 is 2.46 bits per heavy atom. The Bertz CT molecular complexity index is 458. The lowest BCUT2D eigenvalue weighted by Crippen LogP contribution is -2.46. The van der Waals surface area contributed by atoms with Crippen molar-refractivity contribution in [3.63, 3.8) is 0 Å². The second-order valence-corrected chi connectivity index (χ2v) is 8.02. The van der Waals surface area contributed by atoms with Crippen LogP contribution < -0.4 is 0 Å². The van der Waals surface area contributed by atoms with Gasteiger partial charge in [-0.2, -0.15) is 0 Å². The molecule has 3 aliphatic rings. The Morgan fingerprint density at radius 2 is 1.79 bits per heavy atom. The smallest absolute Gasteiger partial charge is 0.228 e. The second-order valence-electron chi connectivity index (χ2n) is 8.02. The summed E-state index contributed by atoms with van der Waals surface area (Å²) in [5.41, 5.74) is 0. The number of hydrogen-bond acceptors (Lipinski definition) is 3. The first kappa shape index (κ1) is 17.7. The van der Waals surface area contributed by atoms with Crippen LogP contribution in [0.3, 0.4) is 0 Å². The highest BCUT2D eigenvalue weighted by Crippen LogP contribution is 2.30. The normalized spacial score (nSPS) is 31.2. The third kappa shape index (κ3) is 3.93. The number of amides is 2. The monoisotopic (exact) mass is 336 g/mol. The van der Waals surface area contributed by atoms with Crippen molar-refractivity contribution < 1.29 is 14.7 Å². The topological polar surface area (TPSA) is 60.9 Å². The van der Waals surface area contributed by atoms with Crippen LogP contribution in [0.5, 0.6) is 0 Å². The molecule has 5 heteroatoms. The standard InChI is InChI=1S/C19H32N2O3/c1-14(22)15-7-6-10-20(12-15)19(24)16-11-18(23)21(13-16)17-8-4-2-3-5-9-17/h14-17,22H,2-13H2,1H3. The van der Waals surface area contributed by atoms with Crippen molar-refractivity contribution >= 4 is 11.8 Å². The lowest BCUT2D eigenvalue weighted by Gasteiger charge is -2.35. The summed E-state index contributed by atoms with van der Waals surface area (Å²) in [6, 6.07) is 0.351.